The Labute approximate surface area is 313 Å². The van der Waals surface area contributed by atoms with Crippen molar-refractivity contribution in [1.29, 1.82) is 0 Å². The Morgan fingerprint density at radius 1 is 0.745 bits per heavy atom. The van der Waals surface area contributed by atoms with Crippen molar-refractivity contribution in [2.24, 2.45) is 5.92 Å². The highest BCUT2D eigenvalue weighted by atomic mass is 19.1. The molecule has 0 aromatic heterocycles. The zero-order chi connectivity index (χ0) is 41.1. The number of hydrogen-bond donors (Lipinski definition) is 8. The van der Waals surface area contributed by atoms with Crippen molar-refractivity contribution in [3.05, 3.63) is 83.7 Å². The van der Waals surface area contributed by atoms with E-state index in [0.717, 1.165) is 6.08 Å². The average molecular weight is 773 g/mol. The van der Waals surface area contributed by atoms with Gasteiger partial charge in [-0.25, -0.2) is 14.2 Å². The van der Waals surface area contributed by atoms with Gasteiger partial charge in [0.25, 0.3) is 11.8 Å². The fourth-order valence-electron chi connectivity index (χ4n) is 4.49. The molecule has 8 N–H and O–H groups in total. The smallest absolute Gasteiger partial charge is 0.408 e. The predicted molar refractivity (Wildman–Crippen MR) is 186 cm³/mol. The molecule has 0 spiro atoms. The minimum absolute atomic E-state index is 0.0328. The molecule has 0 saturated carbocycles. The number of alkyl carbamates (subject to hydrolysis) is 1. The molecular weight excluding hydrogens is 731 g/mol. The van der Waals surface area contributed by atoms with Crippen molar-refractivity contribution in [2.45, 2.75) is 64.4 Å². The minimum atomic E-state index is -1.79. The molecule has 0 heterocycles. The van der Waals surface area contributed by atoms with Gasteiger partial charge in [0.05, 0.1) is 6.42 Å². The highest BCUT2D eigenvalue weighted by Gasteiger charge is 2.33. The standard InChI is InChI=1S/C35H41FN6O13/c1-20(2)31(34(53)41-42(18-30(49)50)27(44)14-13-26(43)37-17-21-8-10-23(36)11-9-21)40-32(51)24(12-15-28(45)46)38-33(52)25(16-29(47)48)39-35(54)55-19-22-6-4-3-5-7-22/h3-11,13-14,20,24-25,31H,12,15-19H2,1-2H3,(H,37,43)(H,38,52)(H,39,54)(H,40,51)(H,41,53)(H,45,46)(H,47,48)(H,49,50)/b14-13+/t24-,25-,31-/m0/s1. The summed E-state index contributed by atoms with van der Waals surface area (Å²) in [5, 5.41) is 37.3. The summed E-state index contributed by atoms with van der Waals surface area (Å²) in [4.78, 5) is 112. The molecule has 0 aliphatic rings. The fraction of sp³-hybridized carbons (Fsp3) is 0.343. The number of hydrazine groups is 1. The molecule has 0 saturated heterocycles. The molecule has 296 valence electrons. The van der Waals surface area contributed by atoms with Crippen molar-refractivity contribution >= 4 is 53.5 Å². The van der Waals surface area contributed by atoms with Crippen LogP contribution in [0, 0.1) is 11.7 Å². The molecule has 0 aliphatic heterocycles. The number of ether oxygens (including phenoxy) is 1. The summed E-state index contributed by atoms with van der Waals surface area (Å²) in [6.45, 7) is 1.56. The molecular formula is C35H41FN6O13. The first-order valence-electron chi connectivity index (χ1n) is 16.5. The number of nitrogens with one attached hydrogen (secondary N) is 5. The summed E-state index contributed by atoms with van der Waals surface area (Å²) in [6, 6.07) is 8.53. The molecule has 0 aliphatic carbocycles. The molecule has 0 radical (unpaired) electrons. The van der Waals surface area contributed by atoms with Gasteiger partial charge in [0.2, 0.25) is 17.7 Å². The van der Waals surface area contributed by atoms with Crippen LogP contribution in [-0.2, 0) is 56.2 Å². The lowest BCUT2D eigenvalue weighted by molar-refractivity contribution is -0.148. The number of rotatable bonds is 20. The van der Waals surface area contributed by atoms with Crippen LogP contribution in [0.1, 0.15) is 44.2 Å². The first kappa shape index (κ1) is 44.3. The molecule has 3 atom stereocenters. The van der Waals surface area contributed by atoms with Crippen LogP contribution in [0.2, 0.25) is 0 Å². The van der Waals surface area contributed by atoms with E-state index >= 15 is 0 Å². The Bertz CT molecular complexity index is 1740. The van der Waals surface area contributed by atoms with E-state index in [9.17, 15) is 62.9 Å². The minimum Gasteiger partial charge on any atom is -0.481 e. The molecule has 2 aromatic rings. The largest absolute Gasteiger partial charge is 0.481 e. The number of carbonyl (C=O) groups excluding carboxylic acids is 6. The van der Waals surface area contributed by atoms with Crippen LogP contribution < -0.4 is 26.7 Å². The average Bonchev–Trinajstić information content (AvgIpc) is 3.12. The number of aliphatic carboxylic acids is 3. The van der Waals surface area contributed by atoms with Crippen LogP contribution in [0.15, 0.2) is 66.7 Å². The van der Waals surface area contributed by atoms with Gasteiger partial charge in [0.1, 0.15) is 37.1 Å². The third-order valence-electron chi connectivity index (χ3n) is 7.29. The lowest BCUT2D eigenvalue weighted by Gasteiger charge is -2.28. The SMILES string of the molecule is CC(C)[C@H](NC(=O)[C@H](CCC(=O)O)NC(=O)[C@H](CC(=O)O)NC(=O)OCc1ccccc1)C(=O)NN(CC(=O)O)C(=O)/C=C/C(=O)NCc1ccc(F)cc1. The Balaban J connectivity index is 2.16. The quantitative estimate of drug-likeness (QED) is 0.0661. The first-order valence-corrected chi connectivity index (χ1v) is 16.5. The monoisotopic (exact) mass is 772 g/mol. The Hall–Kier alpha value is -6.86. The Morgan fingerprint density at radius 2 is 1.38 bits per heavy atom. The summed E-state index contributed by atoms with van der Waals surface area (Å²) in [7, 11) is 0. The summed E-state index contributed by atoms with van der Waals surface area (Å²) in [5.41, 5.74) is 3.18. The number of amides is 6. The fourth-order valence-corrected chi connectivity index (χ4v) is 4.49. The molecule has 2 aromatic carbocycles. The Morgan fingerprint density at radius 3 is 1.96 bits per heavy atom. The van der Waals surface area contributed by atoms with Gasteiger partial charge in [-0.2, -0.15) is 0 Å². The van der Waals surface area contributed by atoms with Crippen molar-refractivity contribution in [3.63, 3.8) is 0 Å². The highest BCUT2D eigenvalue weighted by molar-refractivity contribution is 5.99. The van der Waals surface area contributed by atoms with E-state index < -0.39 is 109 Å². The van der Waals surface area contributed by atoms with Crippen LogP contribution >= 0.6 is 0 Å². The maximum atomic E-state index is 13.4. The van der Waals surface area contributed by atoms with E-state index in [1.54, 1.807) is 30.3 Å². The van der Waals surface area contributed by atoms with Crippen LogP contribution in [-0.4, -0.2) is 98.5 Å². The van der Waals surface area contributed by atoms with Gasteiger partial charge in [0, 0.05) is 25.1 Å². The summed E-state index contributed by atoms with van der Waals surface area (Å²) in [5.74, 6) is -11.1. The van der Waals surface area contributed by atoms with Crippen LogP contribution in [0.4, 0.5) is 9.18 Å². The van der Waals surface area contributed by atoms with E-state index in [-0.39, 0.29) is 13.2 Å². The molecule has 6 amide bonds. The van der Waals surface area contributed by atoms with Gasteiger partial charge in [-0.3, -0.25) is 43.8 Å². The van der Waals surface area contributed by atoms with Gasteiger partial charge >= 0.3 is 24.0 Å². The zero-order valence-corrected chi connectivity index (χ0v) is 29.7. The van der Waals surface area contributed by atoms with Gasteiger partial charge in [-0.05, 0) is 35.6 Å². The van der Waals surface area contributed by atoms with E-state index in [1.165, 1.54) is 38.1 Å². The second kappa shape index (κ2) is 22.3. The predicted octanol–water partition coefficient (Wildman–Crippen LogP) is 0.203. The number of carboxylic acids is 3. The number of carbonyl (C=O) groups is 9. The second-order valence-electron chi connectivity index (χ2n) is 12.1. The Kier molecular flexibility index (Phi) is 17.9. The van der Waals surface area contributed by atoms with Crippen LogP contribution in [0.3, 0.4) is 0 Å². The molecule has 2 rings (SSSR count). The van der Waals surface area contributed by atoms with Gasteiger partial charge in [-0.15, -0.1) is 0 Å². The van der Waals surface area contributed by atoms with E-state index in [2.05, 4.69) is 26.7 Å². The molecule has 20 heteroatoms. The van der Waals surface area contributed by atoms with E-state index in [1.807, 2.05) is 0 Å². The first-order chi connectivity index (χ1) is 25.9. The summed E-state index contributed by atoms with van der Waals surface area (Å²) >= 11 is 0. The topological polar surface area (TPSA) is 287 Å². The van der Waals surface area contributed by atoms with Gasteiger partial charge < -0.3 is 41.3 Å². The number of carboxylic acid groups (broad SMARTS) is 3. The zero-order valence-electron chi connectivity index (χ0n) is 29.7. The second-order valence-corrected chi connectivity index (χ2v) is 12.1. The van der Waals surface area contributed by atoms with Crippen LogP contribution in [0.5, 0.6) is 0 Å². The van der Waals surface area contributed by atoms with Gasteiger partial charge in [-0.1, -0.05) is 56.3 Å². The number of halogens is 1. The van der Waals surface area contributed by atoms with Crippen molar-refractivity contribution in [1.82, 2.24) is 31.7 Å². The summed E-state index contributed by atoms with van der Waals surface area (Å²) < 4.78 is 18.1. The maximum absolute atomic E-state index is 13.4. The maximum Gasteiger partial charge on any atom is 0.408 e. The number of nitrogens with zero attached hydrogens (tertiary/aromatic N) is 1. The molecule has 19 nitrogen and oxygen atoms in total. The van der Waals surface area contributed by atoms with Gasteiger partial charge in [0.15, 0.2) is 0 Å². The summed E-state index contributed by atoms with van der Waals surface area (Å²) in [6.07, 6.45) is -1.95. The van der Waals surface area contributed by atoms with E-state index in [0.29, 0.717) is 22.2 Å². The normalized spacial score (nSPS) is 12.4. The van der Waals surface area contributed by atoms with E-state index in [4.69, 9.17) is 4.74 Å². The lowest BCUT2D eigenvalue weighted by atomic mass is 10.0. The molecule has 0 fully saturated rings. The number of benzene rings is 2. The third kappa shape index (κ3) is 17.0. The molecule has 0 bridgehead atoms. The number of hydrogen-bond acceptors (Lipinski definition) is 10. The highest BCUT2D eigenvalue weighted by Crippen LogP contribution is 2.08. The van der Waals surface area contributed by atoms with Crippen molar-refractivity contribution in [2.75, 3.05) is 6.54 Å². The molecule has 55 heavy (non-hydrogen) atoms. The lowest BCUT2D eigenvalue weighted by Crippen LogP contribution is -2.60. The third-order valence-corrected chi connectivity index (χ3v) is 7.29. The van der Waals surface area contributed by atoms with Crippen molar-refractivity contribution in [3.8, 4) is 0 Å². The van der Waals surface area contributed by atoms with Crippen LogP contribution in [0.25, 0.3) is 0 Å². The van der Waals surface area contributed by atoms with Crippen molar-refractivity contribution < 1.29 is 67.6 Å². The molecule has 0 unspecified atom stereocenters.